The van der Waals surface area contributed by atoms with Gasteiger partial charge in [-0.15, -0.1) is 12.4 Å². The fraction of sp³-hybridized carbons (Fsp3) is 0.533. The first-order chi connectivity index (χ1) is 10.0. The highest BCUT2D eigenvalue weighted by Gasteiger charge is 2.33. The van der Waals surface area contributed by atoms with Gasteiger partial charge in [0.25, 0.3) is 0 Å². The van der Waals surface area contributed by atoms with Crippen molar-refractivity contribution in [3.63, 3.8) is 0 Å². The number of carbonyl (C=O) groups is 1. The standard InChI is InChI=1S/C15H22N2O3S.ClH/c1-2-9-17(14-8-10-21(19,20)12-14)15(18)11-16-13-6-4-3-5-7-13;/h3-7,14,16H,2,8-12H2,1H3;1H. The largest absolute Gasteiger partial charge is 0.376 e. The minimum absolute atomic E-state index is 0. The average Bonchev–Trinajstić information content (AvgIpc) is 2.83. The predicted molar refractivity (Wildman–Crippen MR) is 91.2 cm³/mol. The van der Waals surface area contributed by atoms with Gasteiger partial charge in [0.15, 0.2) is 9.84 Å². The Kier molecular flexibility index (Phi) is 7.16. The molecule has 5 nitrogen and oxygen atoms in total. The summed E-state index contributed by atoms with van der Waals surface area (Å²) in [6.45, 7) is 2.80. The van der Waals surface area contributed by atoms with Gasteiger partial charge >= 0.3 is 0 Å². The van der Waals surface area contributed by atoms with E-state index in [1.807, 2.05) is 37.3 Å². The molecular formula is C15H23ClN2O3S. The second-order valence-electron chi connectivity index (χ2n) is 5.36. The van der Waals surface area contributed by atoms with Gasteiger partial charge in [-0.1, -0.05) is 25.1 Å². The number of anilines is 1. The first-order valence-corrected chi connectivity index (χ1v) is 9.13. The number of sulfone groups is 1. The third-order valence-corrected chi connectivity index (χ3v) is 5.40. The molecule has 0 radical (unpaired) electrons. The fourth-order valence-electron chi connectivity index (χ4n) is 2.61. The first kappa shape index (κ1) is 18.8. The Morgan fingerprint density at radius 1 is 1.32 bits per heavy atom. The van der Waals surface area contributed by atoms with Crippen molar-refractivity contribution < 1.29 is 13.2 Å². The molecule has 1 unspecified atom stereocenters. The molecule has 1 atom stereocenters. The van der Waals surface area contributed by atoms with Gasteiger partial charge in [0.1, 0.15) is 0 Å². The van der Waals surface area contributed by atoms with Crippen molar-refractivity contribution in [3.8, 4) is 0 Å². The summed E-state index contributed by atoms with van der Waals surface area (Å²) >= 11 is 0. The molecule has 1 aliphatic rings. The topological polar surface area (TPSA) is 66.5 Å². The van der Waals surface area contributed by atoms with Gasteiger partial charge in [-0.3, -0.25) is 4.79 Å². The van der Waals surface area contributed by atoms with E-state index in [2.05, 4.69) is 5.32 Å². The van der Waals surface area contributed by atoms with E-state index in [-0.39, 0.29) is 42.4 Å². The summed E-state index contributed by atoms with van der Waals surface area (Å²) in [5.41, 5.74) is 0.890. The molecule has 0 aromatic heterocycles. The van der Waals surface area contributed by atoms with Crippen LogP contribution < -0.4 is 5.32 Å². The van der Waals surface area contributed by atoms with Crippen LogP contribution in [0.1, 0.15) is 19.8 Å². The van der Waals surface area contributed by atoms with Crippen LogP contribution in [0.4, 0.5) is 5.69 Å². The highest BCUT2D eigenvalue weighted by Crippen LogP contribution is 2.18. The third-order valence-electron chi connectivity index (χ3n) is 3.65. The first-order valence-electron chi connectivity index (χ1n) is 7.30. The van der Waals surface area contributed by atoms with E-state index in [1.165, 1.54) is 0 Å². The van der Waals surface area contributed by atoms with Crippen LogP contribution in [0.2, 0.25) is 0 Å². The van der Waals surface area contributed by atoms with Crippen molar-refractivity contribution in [1.82, 2.24) is 4.90 Å². The van der Waals surface area contributed by atoms with Crippen LogP contribution in [0.5, 0.6) is 0 Å². The average molecular weight is 347 g/mol. The lowest BCUT2D eigenvalue weighted by Crippen LogP contribution is -2.44. The molecule has 22 heavy (non-hydrogen) atoms. The molecule has 1 heterocycles. The lowest BCUT2D eigenvalue weighted by atomic mass is 10.2. The predicted octanol–water partition coefficient (Wildman–Crippen LogP) is 1.95. The summed E-state index contributed by atoms with van der Waals surface area (Å²) in [4.78, 5) is 14.1. The zero-order valence-corrected chi connectivity index (χ0v) is 14.3. The number of halogens is 1. The summed E-state index contributed by atoms with van der Waals surface area (Å²) < 4.78 is 23.2. The fourth-order valence-corrected chi connectivity index (χ4v) is 4.34. The lowest BCUT2D eigenvalue weighted by Gasteiger charge is -2.28. The monoisotopic (exact) mass is 346 g/mol. The maximum absolute atomic E-state index is 12.4. The van der Waals surface area contributed by atoms with Gasteiger partial charge in [0.2, 0.25) is 5.91 Å². The second-order valence-corrected chi connectivity index (χ2v) is 7.59. The Bertz CT molecular complexity index is 578. The number of carbonyl (C=O) groups excluding carboxylic acids is 1. The van der Waals surface area contributed by atoms with Crippen LogP contribution in [0.3, 0.4) is 0 Å². The van der Waals surface area contributed by atoms with Crippen molar-refractivity contribution in [2.75, 3.05) is 29.9 Å². The SMILES string of the molecule is CCCN(C(=O)CNc1ccccc1)C1CCS(=O)(=O)C1.Cl. The molecule has 0 bridgehead atoms. The van der Waals surface area contributed by atoms with E-state index in [0.29, 0.717) is 13.0 Å². The quantitative estimate of drug-likeness (QED) is 0.855. The summed E-state index contributed by atoms with van der Waals surface area (Å²) in [7, 11) is -2.97. The molecule has 0 spiro atoms. The Labute approximate surface area is 138 Å². The molecule has 1 N–H and O–H groups in total. The summed E-state index contributed by atoms with van der Waals surface area (Å²) in [6.07, 6.45) is 1.38. The smallest absolute Gasteiger partial charge is 0.242 e. The Morgan fingerprint density at radius 2 is 2.00 bits per heavy atom. The minimum atomic E-state index is -2.97. The number of nitrogens with zero attached hydrogens (tertiary/aromatic N) is 1. The minimum Gasteiger partial charge on any atom is -0.376 e. The van der Waals surface area contributed by atoms with E-state index >= 15 is 0 Å². The van der Waals surface area contributed by atoms with E-state index in [9.17, 15) is 13.2 Å². The maximum Gasteiger partial charge on any atom is 0.242 e. The summed E-state index contributed by atoms with van der Waals surface area (Å²) in [5, 5.41) is 3.09. The molecule has 2 rings (SSSR count). The Hall–Kier alpha value is -1.27. The molecule has 0 aliphatic carbocycles. The number of amides is 1. The van der Waals surface area contributed by atoms with E-state index in [4.69, 9.17) is 0 Å². The van der Waals surface area contributed by atoms with Gasteiger partial charge in [0, 0.05) is 18.3 Å². The highest BCUT2D eigenvalue weighted by molar-refractivity contribution is 7.91. The van der Waals surface area contributed by atoms with Crippen LogP contribution >= 0.6 is 12.4 Å². The van der Waals surface area contributed by atoms with E-state index in [1.54, 1.807) is 4.90 Å². The van der Waals surface area contributed by atoms with Crippen LogP contribution in [0, 0.1) is 0 Å². The van der Waals surface area contributed by atoms with Gasteiger partial charge in [-0.25, -0.2) is 8.42 Å². The van der Waals surface area contributed by atoms with E-state index in [0.717, 1.165) is 12.1 Å². The van der Waals surface area contributed by atoms with Crippen molar-refractivity contribution in [3.05, 3.63) is 30.3 Å². The molecule has 1 saturated heterocycles. The lowest BCUT2D eigenvalue weighted by molar-refractivity contribution is -0.131. The number of rotatable bonds is 6. The Morgan fingerprint density at radius 3 is 2.55 bits per heavy atom. The molecular weight excluding hydrogens is 324 g/mol. The van der Waals surface area contributed by atoms with Crippen LogP contribution in [-0.2, 0) is 14.6 Å². The van der Waals surface area contributed by atoms with Crippen molar-refractivity contribution >= 4 is 33.8 Å². The van der Waals surface area contributed by atoms with Gasteiger partial charge in [-0.05, 0) is 25.0 Å². The normalized spacial score (nSPS) is 19.2. The van der Waals surface area contributed by atoms with Crippen molar-refractivity contribution in [2.24, 2.45) is 0 Å². The maximum atomic E-state index is 12.4. The third kappa shape index (κ3) is 5.18. The zero-order valence-electron chi connectivity index (χ0n) is 12.7. The number of hydrogen-bond acceptors (Lipinski definition) is 4. The Balaban J connectivity index is 0.00000242. The van der Waals surface area contributed by atoms with Gasteiger partial charge < -0.3 is 10.2 Å². The highest BCUT2D eigenvalue weighted by atomic mass is 35.5. The number of nitrogens with one attached hydrogen (secondary N) is 1. The molecule has 1 amide bonds. The summed E-state index contributed by atoms with van der Waals surface area (Å²) in [6, 6.07) is 9.36. The van der Waals surface area contributed by atoms with Crippen LogP contribution in [0.25, 0.3) is 0 Å². The van der Waals surface area contributed by atoms with Crippen LogP contribution in [-0.4, -0.2) is 49.9 Å². The van der Waals surface area contributed by atoms with Crippen LogP contribution in [0.15, 0.2) is 30.3 Å². The van der Waals surface area contributed by atoms with E-state index < -0.39 is 9.84 Å². The molecule has 1 aromatic rings. The van der Waals surface area contributed by atoms with Gasteiger partial charge in [-0.2, -0.15) is 0 Å². The molecule has 124 valence electrons. The van der Waals surface area contributed by atoms with Crippen molar-refractivity contribution in [2.45, 2.75) is 25.8 Å². The molecule has 1 fully saturated rings. The number of para-hydroxylation sites is 1. The number of benzene rings is 1. The molecule has 7 heteroatoms. The molecule has 0 saturated carbocycles. The van der Waals surface area contributed by atoms with Gasteiger partial charge in [0.05, 0.1) is 18.1 Å². The zero-order chi connectivity index (χ0) is 15.3. The second kappa shape index (κ2) is 8.39. The number of hydrogen-bond donors (Lipinski definition) is 1. The molecule has 1 aromatic carbocycles. The van der Waals surface area contributed by atoms with Crippen molar-refractivity contribution in [1.29, 1.82) is 0 Å². The summed E-state index contributed by atoms with van der Waals surface area (Å²) in [5.74, 6) is 0.254. The molecule has 1 aliphatic heterocycles.